The molecule has 1 aromatic heterocycles. The molecule has 0 radical (unpaired) electrons. The van der Waals surface area contributed by atoms with E-state index in [0.717, 1.165) is 22.4 Å². The van der Waals surface area contributed by atoms with Crippen molar-refractivity contribution < 1.29 is 19.3 Å². The third-order valence-corrected chi connectivity index (χ3v) is 7.12. The van der Waals surface area contributed by atoms with Crippen LogP contribution in [0.15, 0.2) is 54.6 Å². The average molecular weight is 427 g/mol. The second-order valence-corrected chi connectivity index (χ2v) is 9.33. The second-order valence-electron chi connectivity index (χ2n) is 8.16. The van der Waals surface area contributed by atoms with Gasteiger partial charge >= 0.3 is 0 Å². The molecule has 1 aliphatic heterocycles. The largest absolute Gasteiger partial charge is 0.394 e. The van der Waals surface area contributed by atoms with Crippen LogP contribution < -0.4 is 0 Å². The van der Waals surface area contributed by atoms with Crippen molar-refractivity contribution in [3.05, 3.63) is 82.0 Å². The molecule has 0 saturated carbocycles. The van der Waals surface area contributed by atoms with E-state index in [1.807, 2.05) is 19.1 Å². The smallest absolute Gasteiger partial charge is 0.123 e. The van der Waals surface area contributed by atoms with Gasteiger partial charge in [-0.15, -0.1) is 11.3 Å². The van der Waals surface area contributed by atoms with Crippen molar-refractivity contribution >= 4 is 11.3 Å². The van der Waals surface area contributed by atoms with Gasteiger partial charge in [-0.25, -0.2) is 4.39 Å². The minimum absolute atomic E-state index is 0.0322. The van der Waals surface area contributed by atoms with Crippen LogP contribution in [0.1, 0.15) is 41.0 Å². The van der Waals surface area contributed by atoms with Crippen LogP contribution in [0.3, 0.4) is 0 Å². The van der Waals surface area contributed by atoms with Crippen LogP contribution in [0.5, 0.6) is 0 Å². The molecule has 3 aromatic rings. The van der Waals surface area contributed by atoms with E-state index in [-0.39, 0.29) is 30.5 Å². The first-order valence-corrected chi connectivity index (χ1v) is 11.1. The third-order valence-electron chi connectivity index (χ3n) is 5.99. The van der Waals surface area contributed by atoms with Gasteiger partial charge in [-0.3, -0.25) is 0 Å². The molecule has 1 saturated heterocycles. The Bertz CT molecular complexity index is 998. The molecule has 5 heteroatoms. The Morgan fingerprint density at radius 3 is 2.60 bits per heavy atom. The standard InChI is InChI=1S/C25H27FO3S/c1-15-3-4-18(25-16(2)23(28)13-21(14-27)29-25)11-19(15)12-22-9-10-24(30-22)17-5-7-20(26)8-6-17/h3-11,16,21,23,25,27-28H,12-14H2,1-2H3. The molecule has 2 N–H and O–H groups in total. The molecule has 0 spiro atoms. The lowest BCUT2D eigenvalue weighted by Crippen LogP contribution is -2.39. The van der Waals surface area contributed by atoms with Crippen molar-refractivity contribution in [2.75, 3.05) is 6.61 Å². The number of aliphatic hydroxyl groups excluding tert-OH is 2. The normalized spacial score (nSPS) is 24.2. The molecule has 1 aliphatic rings. The fourth-order valence-corrected chi connectivity index (χ4v) is 5.10. The third kappa shape index (κ3) is 4.49. The first-order valence-electron chi connectivity index (χ1n) is 10.3. The molecule has 4 rings (SSSR count). The van der Waals surface area contributed by atoms with Gasteiger partial charge in [-0.2, -0.15) is 0 Å². The zero-order chi connectivity index (χ0) is 21.3. The quantitative estimate of drug-likeness (QED) is 0.584. The van der Waals surface area contributed by atoms with Gasteiger partial charge in [0.25, 0.3) is 0 Å². The highest BCUT2D eigenvalue weighted by molar-refractivity contribution is 7.15. The summed E-state index contributed by atoms with van der Waals surface area (Å²) in [5.41, 5.74) is 4.48. The minimum atomic E-state index is -0.485. The number of aliphatic hydroxyl groups is 2. The number of rotatable bonds is 5. The summed E-state index contributed by atoms with van der Waals surface area (Å²) in [5, 5.41) is 19.9. The second kappa shape index (κ2) is 8.98. The van der Waals surface area contributed by atoms with Crippen molar-refractivity contribution in [1.29, 1.82) is 0 Å². The summed E-state index contributed by atoms with van der Waals surface area (Å²) in [5.74, 6) is -0.258. The van der Waals surface area contributed by atoms with Crippen molar-refractivity contribution in [2.24, 2.45) is 5.92 Å². The lowest BCUT2D eigenvalue weighted by Gasteiger charge is -2.38. The highest BCUT2D eigenvalue weighted by Crippen LogP contribution is 2.37. The van der Waals surface area contributed by atoms with Gasteiger partial charge in [0.15, 0.2) is 0 Å². The van der Waals surface area contributed by atoms with Gasteiger partial charge < -0.3 is 14.9 Å². The number of benzene rings is 2. The van der Waals surface area contributed by atoms with Crippen LogP contribution in [0.2, 0.25) is 0 Å². The van der Waals surface area contributed by atoms with E-state index in [1.54, 1.807) is 11.3 Å². The number of aryl methyl sites for hydroxylation is 1. The minimum Gasteiger partial charge on any atom is -0.394 e. The van der Waals surface area contributed by atoms with Gasteiger partial charge in [0.2, 0.25) is 0 Å². The molecular formula is C25H27FO3S. The van der Waals surface area contributed by atoms with Crippen LogP contribution in [0.25, 0.3) is 10.4 Å². The molecule has 3 nitrogen and oxygen atoms in total. The summed E-state index contributed by atoms with van der Waals surface area (Å²) < 4.78 is 19.3. The zero-order valence-electron chi connectivity index (χ0n) is 17.2. The molecule has 2 aromatic carbocycles. The van der Waals surface area contributed by atoms with E-state index in [0.29, 0.717) is 6.42 Å². The summed E-state index contributed by atoms with van der Waals surface area (Å²) in [4.78, 5) is 2.36. The summed E-state index contributed by atoms with van der Waals surface area (Å²) in [7, 11) is 0. The molecular weight excluding hydrogens is 399 g/mol. The maximum Gasteiger partial charge on any atom is 0.123 e. The lowest BCUT2D eigenvalue weighted by molar-refractivity contribution is -0.145. The van der Waals surface area contributed by atoms with E-state index in [2.05, 4.69) is 37.3 Å². The topological polar surface area (TPSA) is 49.7 Å². The van der Waals surface area contributed by atoms with Crippen molar-refractivity contribution in [3.63, 3.8) is 0 Å². The monoisotopic (exact) mass is 426 g/mol. The van der Waals surface area contributed by atoms with Gasteiger partial charge in [0.05, 0.1) is 24.9 Å². The maximum absolute atomic E-state index is 13.2. The fraction of sp³-hybridized carbons (Fsp3) is 0.360. The molecule has 158 valence electrons. The van der Waals surface area contributed by atoms with E-state index >= 15 is 0 Å². The number of halogens is 1. The average Bonchev–Trinajstić information content (AvgIpc) is 3.20. The van der Waals surface area contributed by atoms with Crippen LogP contribution in [0, 0.1) is 18.7 Å². The first-order chi connectivity index (χ1) is 14.4. The molecule has 0 aliphatic carbocycles. The van der Waals surface area contributed by atoms with E-state index < -0.39 is 6.10 Å². The van der Waals surface area contributed by atoms with Crippen molar-refractivity contribution in [2.45, 2.75) is 45.0 Å². The number of ether oxygens (including phenoxy) is 1. The van der Waals surface area contributed by atoms with Gasteiger partial charge in [0.1, 0.15) is 5.82 Å². The molecule has 0 bridgehead atoms. The van der Waals surface area contributed by atoms with Crippen molar-refractivity contribution in [1.82, 2.24) is 0 Å². The molecule has 30 heavy (non-hydrogen) atoms. The zero-order valence-corrected chi connectivity index (χ0v) is 18.0. The molecule has 4 atom stereocenters. The molecule has 0 amide bonds. The maximum atomic E-state index is 13.2. The van der Waals surface area contributed by atoms with Crippen LogP contribution >= 0.6 is 11.3 Å². The summed E-state index contributed by atoms with van der Waals surface area (Å²) in [6.45, 7) is 4.02. The van der Waals surface area contributed by atoms with Crippen LogP contribution in [-0.4, -0.2) is 29.0 Å². The Morgan fingerprint density at radius 1 is 1.10 bits per heavy atom. The summed E-state index contributed by atoms with van der Waals surface area (Å²) in [6, 6.07) is 17.1. The number of hydrogen-bond acceptors (Lipinski definition) is 4. The molecule has 1 fully saturated rings. The Morgan fingerprint density at radius 2 is 1.87 bits per heavy atom. The summed E-state index contributed by atoms with van der Waals surface area (Å²) >= 11 is 1.72. The van der Waals surface area contributed by atoms with Crippen LogP contribution in [-0.2, 0) is 11.2 Å². The molecule has 4 unspecified atom stereocenters. The van der Waals surface area contributed by atoms with Crippen LogP contribution in [0.4, 0.5) is 4.39 Å². The van der Waals surface area contributed by atoms with Gasteiger partial charge in [0, 0.05) is 28.5 Å². The first kappa shape index (κ1) is 21.2. The Hall–Kier alpha value is -2.05. The highest BCUT2D eigenvalue weighted by Gasteiger charge is 2.35. The van der Waals surface area contributed by atoms with Crippen molar-refractivity contribution in [3.8, 4) is 10.4 Å². The van der Waals surface area contributed by atoms with E-state index in [9.17, 15) is 14.6 Å². The lowest BCUT2D eigenvalue weighted by atomic mass is 9.85. The Balaban J connectivity index is 1.56. The summed E-state index contributed by atoms with van der Waals surface area (Å²) in [6.07, 6.45) is 0.221. The Labute approximate surface area is 180 Å². The van der Waals surface area contributed by atoms with E-state index in [1.165, 1.54) is 28.1 Å². The predicted octanol–water partition coefficient (Wildman–Crippen LogP) is 5.27. The number of hydrogen-bond donors (Lipinski definition) is 2. The number of thiophene rings is 1. The van der Waals surface area contributed by atoms with Gasteiger partial charge in [-0.05, 0) is 53.4 Å². The molecule has 2 heterocycles. The fourth-order valence-electron chi connectivity index (χ4n) is 4.06. The Kier molecular flexibility index (Phi) is 6.34. The van der Waals surface area contributed by atoms with E-state index in [4.69, 9.17) is 4.74 Å². The predicted molar refractivity (Wildman–Crippen MR) is 118 cm³/mol. The SMILES string of the molecule is Cc1ccc(C2OC(CO)CC(O)C2C)cc1Cc1ccc(-c2ccc(F)cc2)s1. The highest BCUT2D eigenvalue weighted by atomic mass is 32.1. The van der Waals surface area contributed by atoms with Gasteiger partial charge in [-0.1, -0.05) is 37.3 Å².